The summed E-state index contributed by atoms with van der Waals surface area (Å²) in [7, 11) is 1.87. The van der Waals surface area contributed by atoms with Crippen LogP contribution in [0.2, 0.25) is 5.02 Å². The van der Waals surface area contributed by atoms with Crippen LogP contribution in [0.3, 0.4) is 0 Å². The average Bonchev–Trinajstić information content (AvgIpc) is 3.22. The summed E-state index contributed by atoms with van der Waals surface area (Å²) in [6.45, 7) is 4.06. The third-order valence-corrected chi connectivity index (χ3v) is 4.49. The summed E-state index contributed by atoms with van der Waals surface area (Å²) in [6.07, 6.45) is 1.76. The number of nitrogens with one attached hydrogen (secondary N) is 1. The van der Waals surface area contributed by atoms with E-state index in [1.165, 1.54) is 0 Å². The number of aromatic nitrogens is 2. The monoisotopic (exact) mass is 373 g/mol. The normalized spacial score (nSPS) is 12.0. The summed E-state index contributed by atoms with van der Waals surface area (Å²) in [5.74, 6) is 1.05. The van der Waals surface area contributed by atoms with E-state index in [9.17, 15) is 4.79 Å². The van der Waals surface area contributed by atoms with Crippen molar-refractivity contribution in [2.24, 2.45) is 7.05 Å². The molecule has 136 valence electrons. The van der Waals surface area contributed by atoms with Crippen molar-refractivity contribution in [1.29, 1.82) is 0 Å². The summed E-state index contributed by atoms with van der Waals surface area (Å²) < 4.78 is 13.0. The van der Waals surface area contributed by atoms with E-state index in [4.69, 9.17) is 20.8 Å². The molecule has 0 aliphatic heterocycles. The molecular formula is C19H20ClN3O3. The summed E-state index contributed by atoms with van der Waals surface area (Å²) in [6, 6.07) is 10.4. The fourth-order valence-corrected chi connectivity index (χ4v) is 2.76. The van der Waals surface area contributed by atoms with Gasteiger partial charge in [-0.25, -0.2) is 0 Å². The van der Waals surface area contributed by atoms with Gasteiger partial charge in [0, 0.05) is 18.3 Å². The first-order valence-electron chi connectivity index (χ1n) is 8.21. The lowest BCUT2D eigenvalue weighted by atomic mass is 10.1. The lowest BCUT2D eigenvalue weighted by molar-refractivity contribution is 0.0907. The van der Waals surface area contributed by atoms with Crippen LogP contribution in [0.25, 0.3) is 0 Å². The maximum absolute atomic E-state index is 12.4. The molecule has 0 fully saturated rings. The standard InChI is InChI=1S/C19H20ClN3O3/c1-12(15-10-21-23(3)13(15)2)22-19(24)18-9-8-14(26-18)11-25-17-7-5-4-6-16(17)20/h4-10,12H,11H2,1-3H3,(H,22,24). The minimum atomic E-state index is -0.287. The molecule has 1 amide bonds. The Balaban J connectivity index is 1.61. The van der Waals surface area contributed by atoms with E-state index in [1.54, 1.807) is 35.1 Å². The third-order valence-electron chi connectivity index (χ3n) is 4.18. The number of carbonyl (C=O) groups is 1. The highest BCUT2D eigenvalue weighted by atomic mass is 35.5. The average molecular weight is 374 g/mol. The van der Waals surface area contributed by atoms with Crippen LogP contribution >= 0.6 is 11.6 Å². The molecule has 1 unspecified atom stereocenters. The van der Waals surface area contributed by atoms with Gasteiger partial charge < -0.3 is 14.5 Å². The van der Waals surface area contributed by atoms with Crippen molar-refractivity contribution in [1.82, 2.24) is 15.1 Å². The van der Waals surface area contributed by atoms with Crippen molar-refractivity contribution in [2.45, 2.75) is 26.5 Å². The quantitative estimate of drug-likeness (QED) is 0.707. The van der Waals surface area contributed by atoms with Crippen LogP contribution in [0, 0.1) is 6.92 Å². The Hall–Kier alpha value is -2.73. The van der Waals surface area contributed by atoms with Crippen LogP contribution in [-0.4, -0.2) is 15.7 Å². The van der Waals surface area contributed by atoms with Gasteiger partial charge >= 0.3 is 0 Å². The Bertz CT molecular complexity index is 916. The minimum absolute atomic E-state index is 0.177. The molecule has 1 aromatic carbocycles. The molecule has 0 saturated carbocycles. The molecule has 0 aliphatic carbocycles. The highest BCUT2D eigenvalue weighted by Crippen LogP contribution is 2.24. The van der Waals surface area contributed by atoms with Crippen molar-refractivity contribution in [2.75, 3.05) is 0 Å². The van der Waals surface area contributed by atoms with Crippen molar-refractivity contribution in [3.05, 3.63) is 70.4 Å². The molecule has 1 atom stereocenters. The Morgan fingerprint density at radius 2 is 2.12 bits per heavy atom. The van der Waals surface area contributed by atoms with E-state index in [-0.39, 0.29) is 24.3 Å². The zero-order chi connectivity index (χ0) is 18.7. The van der Waals surface area contributed by atoms with E-state index < -0.39 is 0 Å². The summed E-state index contributed by atoms with van der Waals surface area (Å²) in [4.78, 5) is 12.4. The van der Waals surface area contributed by atoms with Gasteiger partial charge in [0.1, 0.15) is 18.1 Å². The van der Waals surface area contributed by atoms with Crippen LogP contribution in [0.15, 0.2) is 47.0 Å². The molecule has 3 rings (SSSR count). The summed E-state index contributed by atoms with van der Waals surface area (Å²) >= 11 is 6.05. The number of halogens is 1. The van der Waals surface area contributed by atoms with Gasteiger partial charge in [0.05, 0.1) is 17.3 Å². The van der Waals surface area contributed by atoms with Gasteiger partial charge in [0.25, 0.3) is 5.91 Å². The van der Waals surface area contributed by atoms with E-state index >= 15 is 0 Å². The predicted molar refractivity (Wildman–Crippen MR) is 98.3 cm³/mol. The molecular weight excluding hydrogens is 354 g/mol. The van der Waals surface area contributed by atoms with Gasteiger partial charge in [-0.3, -0.25) is 9.48 Å². The number of amides is 1. The molecule has 0 aliphatic rings. The first-order chi connectivity index (χ1) is 12.5. The molecule has 1 N–H and O–H groups in total. The SMILES string of the molecule is Cc1c(C(C)NC(=O)c2ccc(COc3ccccc3Cl)o2)cnn1C. The van der Waals surface area contributed by atoms with Crippen LogP contribution in [0.5, 0.6) is 5.75 Å². The number of aryl methyl sites for hydroxylation is 1. The van der Waals surface area contributed by atoms with Crippen molar-refractivity contribution < 1.29 is 13.9 Å². The fraction of sp³-hybridized carbons (Fsp3) is 0.263. The molecule has 0 saturated heterocycles. The molecule has 6 nitrogen and oxygen atoms in total. The number of furan rings is 1. The van der Waals surface area contributed by atoms with Crippen molar-refractivity contribution >= 4 is 17.5 Å². The first kappa shape index (κ1) is 18.1. The summed E-state index contributed by atoms with van der Waals surface area (Å²) in [5, 5.41) is 7.64. The van der Waals surface area contributed by atoms with Gasteiger partial charge in [-0.15, -0.1) is 0 Å². The topological polar surface area (TPSA) is 69.3 Å². The Kier molecular flexibility index (Phi) is 5.32. The number of nitrogens with zero attached hydrogens (tertiary/aromatic N) is 2. The Morgan fingerprint density at radius 3 is 2.81 bits per heavy atom. The molecule has 7 heteroatoms. The van der Waals surface area contributed by atoms with Crippen LogP contribution in [-0.2, 0) is 13.7 Å². The van der Waals surface area contributed by atoms with E-state index in [0.29, 0.717) is 16.5 Å². The number of benzene rings is 1. The molecule has 3 aromatic rings. The highest BCUT2D eigenvalue weighted by Gasteiger charge is 2.18. The maximum Gasteiger partial charge on any atom is 0.287 e. The molecule has 0 radical (unpaired) electrons. The van der Waals surface area contributed by atoms with Crippen LogP contribution < -0.4 is 10.1 Å². The smallest absolute Gasteiger partial charge is 0.287 e. The second-order valence-electron chi connectivity index (χ2n) is 5.99. The van der Waals surface area contributed by atoms with Gasteiger partial charge in [-0.2, -0.15) is 5.10 Å². The number of rotatable bonds is 6. The van der Waals surface area contributed by atoms with Gasteiger partial charge in [0.15, 0.2) is 5.76 Å². The fourth-order valence-electron chi connectivity index (χ4n) is 2.57. The van der Waals surface area contributed by atoms with Gasteiger partial charge in [-0.05, 0) is 38.1 Å². The lowest BCUT2D eigenvalue weighted by Crippen LogP contribution is -2.26. The molecule has 26 heavy (non-hydrogen) atoms. The van der Waals surface area contributed by atoms with E-state index in [0.717, 1.165) is 11.3 Å². The molecule has 2 heterocycles. The molecule has 0 bridgehead atoms. The first-order valence-corrected chi connectivity index (χ1v) is 8.59. The lowest BCUT2D eigenvalue weighted by Gasteiger charge is -2.12. The zero-order valence-electron chi connectivity index (χ0n) is 14.8. The van der Waals surface area contributed by atoms with E-state index in [2.05, 4.69) is 10.4 Å². The summed E-state index contributed by atoms with van der Waals surface area (Å²) in [5.41, 5.74) is 1.97. The Morgan fingerprint density at radius 1 is 1.35 bits per heavy atom. The maximum atomic E-state index is 12.4. The minimum Gasteiger partial charge on any atom is -0.484 e. The van der Waals surface area contributed by atoms with Crippen molar-refractivity contribution in [3.8, 4) is 5.75 Å². The predicted octanol–water partition coefficient (Wildman–Crippen LogP) is 4.04. The number of hydrogen-bond acceptors (Lipinski definition) is 4. The van der Waals surface area contributed by atoms with Gasteiger partial charge in [0.2, 0.25) is 0 Å². The molecule has 2 aromatic heterocycles. The van der Waals surface area contributed by atoms with E-state index in [1.807, 2.05) is 33.0 Å². The van der Waals surface area contributed by atoms with Crippen LogP contribution in [0.1, 0.15) is 40.5 Å². The number of carbonyl (C=O) groups excluding carboxylic acids is 1. The third kappa shape index (κ3) is 3.91. The second kappa shape index (κ2) is 7.66. The number of hydrogen-bond donors (Lipinski definition) is 1. The zero-order valence-corrected chi connectivity index (χ0v) is 15.6. The Labute approximate surface area is 156 Å². The van der Waals surface area contributed by atoms with Crippen LogP contribution in [0.4, 0.5) is 0 Å². The number of ether oxygens (including phenoxy) is 1. The second-order valence-corrected chi connectivity index (χ2v) is 6.40. The van der Waals surface area contributed by atoms with Crippen molar-refractivity contribution in [3.63, 3.8) is 0 Å². The highest BCUT2D eigenvalue weighted by molar-refractivity contribution is 6.32. The largest absolute Gasteiger partial charge is 0.484 e. The number of para-hydroxylation sites is 1. The van der Waals surface area contributed by atoms with Gasteiger partial charge in [-0.1, -0.05) is 23.7 Å². The molecule has 0 spiro atoms.